The molecule has 0 aromatic heterocycles. The minimum absolute atomic E-state index is 0.0833. The highest BCUT2D eigenvalue weighted by Crippen LogP contribution is 2.11. The largest absolute Gasteiger partial charge is 0.481 e. The van der Waals surface area contributed by atoms with E-state index in [2.05, 4.69) is 32.2 Å². The average Bonchev–Trinajstić information content (AvgIpc) is 2.40. The zero-order valence-corrected chi connectivity index (χ0v) is 13.6. The number of hydrogen-bond donors (Lipinski definition) is 5. The van der Waals surface area contributed by atoms with Gasteiger partial charge >= 0.3 is 17.9 Å². The van der Waals surface area contributed by atoms with E-state index in [1.165, 1.54) is 0 Å². The van der Waals surface area contributed by atoms with Gasteiger partial charge < -0.3 is 15.3 Å². The Bertz CT molecular complexity index is 257. The number of carboxylic acids is 3. The van der Waals surface area contributed by atoms with Crippen LogP contribution in [0.4, 0.5) is 0 Å². The Hall–Kier alpha value is -0.890. The van der Waals surface area contributed by atoms with Gasteiger partial charge in [-0.05, 0) is 12.8 Å². The molecule has 0 fully saturated rings. The van der Waals surface area contributed by atoms with Crippen molar-refractivity contribution in [1.82, 2.24) is 0 Å². The van der Waals surface area contributed by atoms with Crippen LogP contribution < -0.4 is 0 Å². The summed E-state index contributed by atoms with van der Waals surface area (Å²) in [6, 6.07) is 0. The van der Waals surface area contributed by atoms with Crippen LogP contribution in [0.3, 0.4) is 0 Å². The van der Waals surface area contributed by atoms with Crippen LogP contribution in [0.1, 0.15) is 39.5 Å². The molecular formula is C12H24O6S2. The first kappa shape index (κ1) is 24.1. The van der Waals surface area contributed by atoms with E-state index in [1.54, 1.807) is 0 Å². The summed E-state index contributed by atoms with van der Waals surface area (Å²) in [6.45, 7) is 4.00. The van der Waals surface area contributed by atoms with E-state index in [0.29, 0.717) is 0 Å². The van der Waals surface area contributed by atoms with Crippen LogP contribution in [0.5, 0.6) is 0 Å². The zero-order valence-electron chi connectivity index (χ0n) is 11.8. The fourth-order valence-electron chi connectivity index (χ4n) is 0.953. The topological polar surface area (TPSA) is 112 Å². The summed E-state index contributed by atoms with van der Waals surface area (Å²) in [7, 11) is 0. The number of rotatable bonds is 7. The molecule has 0 aliphatic carbocycles. The Kier molecular flexibility index (Phi) is 21.9. The first-order valence-electron chi connectivity index (χ1n) is 6.14. The predicted octanol–water partition coefficient (Wildman–Crippen LogP) is 2.29. The molecule has 1 atom stereocenters. The van der Waals surface area contributed by atoms with Gasteiger partial charge in [0, 0.05) is 0 Å². The number of unbranched alkanes of at least 4 members (excludes halogenated alkanes) is 1. The van der Waals surface area contributed by atoms with Gasteiger partial charge in [0.15, 0.2) is 0 Å². The van der Waals surface area contributed by atoms with Crippen molar-refractivity contribution in [2.45, 2.75) is 39.5 Å². The molecule has 0 aromatic carbocycles. The van der Waals surface area contributed by atoms with Gasteiger partial charge in [0.1, 0.15) is 0 Å². The highest BCUT2D eigenvalue weighted by Gasteiger charge is 2.12. The van der Waals surface area contributed by atoms with Crippen LogP contribution in [0.15, 0.2) is 0 Å². The van der Waals surface area contributed by atoms with Crippen LogP contribution in [-0.2, 0) is 14.4 Å². The molecule has 8 heteroatoms. The van der Waals surface area contributed by atoms with Gasteiger partial charge in [-0.25, -0.2) is 0 Å². The van der Waals surface area contributed by atoms with Gasteiger partial charge in [-0.15, -0.1) is 0 Å². The first-order chi connectivity index (χ1) is 9.26. The van der Waals surface area contributed by atoms with E-state index in [0.717, 1.165) is 25.7 Å². The Morgan fingerprint density at radius 3 is 1.45 bits per heavy atom. The summed E-state index contributed by atoms with van der Waals surface area (Å²) in [5.41, 5.74) is 0. The van der Waals surface area contributed by atoms with Crippen molar-refractivity contribution < 1.29 is 29.7 Å². The van der Waals surface area contributed by atoms with Gasteiger partial charge in [-0.1, -0.05) is 26.7 Å². The van der Waals surface area contributed by atoms with Crippen molar-refractivity contribution in [1.29, 1.82) is 0 Å². The van der Waals surface area contributed by atoms with Gasteiger partial charge in [0.25, 0.3) is 0 Å². The molecule has 20 heavy (non-hydrogen) atoms. The lowest BCUT2D eigenvalue weighted by atomic mass is 10.00. The third-order valence-electron chi connectivity index (χ3n) is 2.02. The van der Waals surface area contributed by atoms with Crippen LogP contribution in [0.25, 0.3) is 0 Å². The third kappa shape index (κ3) is 25.8. The molecule has 0 rings (SSSR count). The lowest BCUT2D eigenvalue weighted by molar-refractivity contribution is -0.142. The molecular weight excluding hydrogens is 304 g/mol. The standard InChI is InChI=1S/C8H16O2.2C2H4O2S/c1-3-5-6-7(4-2)8(9)10;2*3-2(4)1-5/h7H,3-6H2,1-2H3,(H,9,10);2*5H,1H2,(H,3,4). The van der Waals surface area contributed by atoms with Gasteiger partial charge in [-0.2, -0.15) is 25.3 Å². The molecule has 0 bridgehead atoms. The Morgan fingerprint density at radius 1 is 0.950 bits per heavy atom. The van der Waals surface area contributed by atoms with Crippen LogP contribution in [-0.4, -0.2) is 44.7 Å². The molecule has 0 aromatic rings. The smallest absolute Gasteiger partial charge is 0.313 e. The highest BCUT2D eigenvalue weighted by molar-refractivity contribution is 7.81. The molecule has 0 saturated carbocycles. The fraction of sp³-hybridized carbons (Fsp3) is 0.750. The van der Waals surface area contributed by atoms with E-state index in [-0.39, 0.29) is 17.4 Å². The minimum Gasteiger partial charge on any atom is -0.481 e. The maximum absolute atomic E-state index is 10.4. The Morgan fingerprint density at radius 2 is 1.30 bits per heavy atom. The van der Waals surface area contributed by atoms with E-state index >= 15 is 0 Å². The first-order valence-corrected chi connectivity index (χ1v) is 7.41. The normalized spacial score (nSPS) is 10.2. The second-order valence-electron chi connectivity index (χ2n) is 3.69. The van der Waals surface area contributed by atoms with Crippen LogP contribution in [0.2, 0.25) is 0 Å². The predicted molar refractivity (Wildman–Crippen MR) is 83.9 cm³/mol. The van der Waals surface area contributed by atoms with E-state index in [9.17, 15) is 14.4 Å². The third-order valence-corrected chi connectivity index (χ3v) is 2.56. The quantitative estimate of drug-likeness (QED) is 0.458. The monoisotopic (exact) mass is 328 g/mol. The van der Waals surface area contributed by atoms with Crippen LogP contribution >= 0.6 is 25.3 Å². The lowest BCUT2D eigenvalue weighted by Crippen LogP contribution is -2.11. The molecule has 0 amide bonds. The van der Waals surface area contributed by atoms with E-state index in [4.69, 9.17) is 15.3 Å². The van der Waals surface area contributed by atoms with E-state index < -0.39 is 17.9 Å². The fourth-order valence-corrected chi connectivity index (χ4v) is 0.953. The van der Waals surface area contributed by atoms with Crippen molar-refractivity contribution >= 4 is 43.2 Å². The van der Waals surface area contributed by atoms with Crippen LogP contribution in [0, 0.1) is 5.92 Å². The number of carboxylic acid groups (broad SMARTS) is 3. The van der Waals surface area contributed by atoms with Crippen molar-refractivity contribution in [3.63, 3.8) is 0 Å². The molecule has 0 radical (unpaired) electrons. The molecule has 0 saturated heterocycles. The molecule has 0 spiro atoms. The molecule has 0 aliphatic heterocycles. The maximum Gasteiger partial charge on any atom is 0.313 e. The molecule has 0 aliphatic rings. The van der Waals surface area contributed by atoms with Gasteiger partial charge in [-0.3, -0.25) is 14.4 Å². The molecule has 3 N–H and O–H groups in total. The average molecular weight is 328 g/mol. The number of aliphatic carboxylic acids is 3. The molecule has 1 unspecified atom stereocenters. The summed E-state index contributed by atoms with van der Waals surface area (Å²) in [4.78, 5) is 29.0. The van der Waals surface area contributed by atoms with Crippen molar-refractivity contribution in [2.24, 2.45) is 5.92 Å². The van der Waals surface area contributed by atoms with Crippen molar-refractivity contribution in [3.8, 4) is 0 Å². The molecule has 6 nitrogen and oxygen atoms in total. The lowest BCUT2D eigenvalue weighted by Gasteiger charge is -2.06. The highest BCUT2D eigenvalue weighted by atomic mass is 32.1. The second kappa shape index (κ2) is 18.1. The molecule has 120 valence electrons. The summed E-state index contributed by atoms with van der Waals surface area (Å²) >= 11 is 6.83. The van der Waals surface area contributed by atoms with Gasteiger partial charge in [0.05, 0.1) is 17.4 Å². The Balaban J connectivity index is -0.000000244. The van der Waals surface area contributed by atoms with Crippen molar-refractivity contribution in [2.75, 3.05) is 11.5 Å². The van der Waals surface area contributed by atoms with Gasteiger partial charge in [0.2, 0.25) is 0 Å². The number of hydrogen-bond acceptors (Lipinski definition) is 5. The maximum atomic E-state index is 10.4. The van der Waals surface area contributed by atoms with E-state index in [1.807, 2.05) is 6.92 Å². The molecule has 0 heterocycles. The summed E-state index contributed by atoms with van der Waals surface area (Å²) in [6.07, 6.45) is 3.71. The zero-order chi connectivity index (χ0) is 16.6. The summed E-state index contributed by atoms with van der Waals surface area (Å²) in [5, 5.41) is 23.9. The minimum atomic E-state index is -0.881. The second-order valence-corrected chi connectivity index (χ2v) is 4.32. The number of thiol groups is 2. The summed E-state index contributed by atoms with van der Waals surface area (Å²) < 4.78 is 0. The summed E-state index contributed by atoms with van der Waals surface area (Å²) in [5.74, 6) is -2.68. The Labute approximate surface area is 130 Å². The van der Waals surface area contributed by atoms with Crippen molar-refractivity contribution in [3.05, 3.63) is 0 Å². The number of carbonyl (C=O) groups is 3. The SMILES string of the molecule is CCCCC(CC)C(=O)O.O=C(O)CS.O=C(O)CS.